The van der Waals surface area contributed by atoms with Crippen molar-refractivity contribution in [3.63, 3.8) is 0 Å². The minimum Gasteiger partial charge on any atom is -0.497 e. The number of nitrogens with one attached hydrogen (secondary N) is 2. The molecule has 4 rings (SSSR count). The number of aromatic nitrogens is 3. The Kier molecular flexibility index (Phi) is 7.47. The Hall–Kier alpha value is -4.11. The molecule has 35 heavy (non-hydrogen) atoms. The fourth-order valence-corrected chi connectivity index (χ4v) is 4.21. The van der Waals surface area contributed by atoms with Gasteiger partial charge in [-0.15, -0.1) is 10.2 Å². The quantitative estimate of drug-likeness (QED) is 0.344. The highest BCUT2D eigenvalue weighted by Gasteiger charge is 2.14. The normalized spacial score (nSPS) is 10.6. The molecule has 9 heteroatoms. The fourth-order valence-electron chi connectivity index (χ4n) is 3.41. The topological polar surface area (TPSA) is 98.1 Å². The van der Waals surface area contributed by atoms with Gasteiger partial charge in [0.2, 0.25) is 5.91 Å². The van der Waals surface area contributed by atoms with Crippen LogP contribution in [0.1, 0.15) is 21.7 Å². The van der Waals surface area contributed by atoms with Crippen molar-refractivity contribution in [3.05, 3.63) is 89.7 Å². The van der Waals surface area contributed by atoms with Gasteiger partial charge in [-0.25, -0.2) is 0 Å². The average Bonchev–Trinajstić information content (AvgIpc) is 3.24. The molecule has 178 valence electrons. The maximum atomic E-state index is 12.5. The van der Waals surface area contributed by atoms with Crippen LogP contribution in [0, 0.1) is 13.8 Å². The maximum Gasteiger partial charge on any atom is 0.255 e. The molecular formula is C26H25N5O3S. The first-order chi connectivity index (χ1) is 16.9. The second kappa shape index (κ2) is 10.9. The average molecular weight is 488 g/mol. The van der Waals surface area contributed by atoms with Crippen molar-refractivity contribution in [2.75, 3.05) is 23.5 Å². The number of nitrogens with zero attached hydrogens (tertiary/aromatic N) is 3. The van der Waals surface area contributed by atoms with Crippen LogP contribution in [0.25, 0.3) is 5.69 Å². The lowest BCUT2D eigenvalue weighted by molar-refractivity contribution is -0.113. The molecule has 3 aromatic carbocycles. The predicted octanol–water partition coefficient (Wildman–Crippen LogP) is 4.88. The van der Waals surface area contributed by atoms with Crippen molar-refractivity contribution in [1.82, 2.24) is 14.8 Å². The maximum absolute atomic E-state index is 12.5. The predicted molar refractivity (Wildman–Crippen MR) is 138 cm³/mol. The number of carbonyl (C=O) groups is 2. The summed E-state index contributed by atoms with van der Waals surface area (Å²) in [5.41, 5.74) is 3.84. The van der Waals surface area contributed by atoms with Gasteiger partial charge in [-0.05, 0) is 80.1 Å². The molecule has 0 bridgehead atoms. The summed E-state index contributed by atoms with van der Waals surface area (Å²) in [6.07, 6.45) is 0. The number of hydrogen-bond acceptors (Lipinski definition) is 6. The molecule has 0 fully saturated rings. The van der Waals surface area contributed by atoms with Gasteiger partial charge in [-0.1, -0.05) is 23.9 Å². The van der Waals surface area contributed by atoms with Gasteiger partial charge in [0.1, 0.15) is 11.6 Å². The van der Waals surface area contributed by atoms with E-state index in [2.05, 4.69) is 20.8 Å². The number of ether oxygens (including phenoxy) is 1. The van der Waals surface area contributed by atoms with Gasteiger partial charge < -0.3 is 15.4 Å². The van der Waals surface area contributed by atoms with Crippen LogP contribution in [0.4, 0.5) is 11.4 Å². The van der Waals surface area contributed by atoms with E-state index in [1.54, 1.807) is 55.6 Å². The second-order valence-electron chi connectivity index (χ2n) is 7.80. The van der Waals surface area contributed by atoms with Gasteiger partial charge in [0.15, 0.2) is 5.16 Å². The summed E-state index contributed by atoms with van der Waals surface area (Å²) in [7, 11) is 1.59. The Bertz CT molecular complexity index is 1330. The third-order valence-electron chi connectivity index (χ3n) is 5.17. The zero-order valence-electron chi connectivity index (χ0n) is 19.6. The zero-order valence-corrected chi connectivity index (χ0v) is 20.4. The molecule has 0 radical (unpaired) electrons. The molecular weight excluding hydrogens is 462 g/mol. The Morgan fingerprint density at radius 2 is 1.60 bits per heavy atom. The number of carbonyl (C=O) groups excluding carboxylic acids is 2. The van der Waals surface area contributed by atoms with Gasteiger partial charge in [0, 0.05) is 22.6 Å². The first-order valence-electron chi connectivity index (χ1n) is 10.9. The van der Waals surface area contributed by atoms with Crippen molar-refractivity contribution in [1.29, 1.82) is 0 Å². The molecule has 1 aromatic heterocycles. The summed E-state index contributed by atoms with van der Waals surface area (Å²) >= 11 is 1.31. The molecule has 8 nitrogen and oxygen atoms in total. The van der Waals surface area contributed by atoms with Crippen LogP contribution in [0.3, 0.4) is 0 Å². The summed E-state index contributed by atoms with van der Waals surface area (Å²) in [5, 5.41) is 14.7. The lowest BCUT2D eigenvalue weighted by atomic mass is 10.2. The largest absolute Gasteiger partial charge is 0.497 e. The standard InChI is InChI=1S/C26H25N5O3S/c1-17-5-4-6-22(15-17)31-18(2)29-30-26(31)35-16-24(32)27-20-9-7-19(8-10-20)25(33)28-21-11-13-23(34-3)14-12-21/h4-15H,16H2,1-3H3,(H,27,32)(H,28,33). The molecule has 0 saturated carbocycles. The molecule has 4 aromatic rings. The molecule has 0 aliphatic rings. The van der Waals surface area contributed by atoms with E-state index in [-0.39, 0.29) is 17.6 Å². The van der Waals surface area contributed by atoms with E-state index in [1.807, 2.05) is 42.7 Å². The number of aryl methyl sites for hydroxylation is 2. The molecule has 0 spiro atoms. The Morgan fingerprint density at radius 3 is 2.29 bits per heavy atom. The zero-order chi connectivity index (χ0) is 24.8. The highest BCUT2D eigenvalue weighted by Crippen LogP contribution is 2.23. The second-order valence-corrected chi connectivity index (χ2v) is 8.74. The van der Waals surface area contributed by atoms with E-state index >= 15 is 0 Å². The number of rotatable bonds is 8. The van der Waals surface area contributed by atoms with E-state index in [0.717, 1.165) is 17.1 Å². The van der Waals surface area contributed by atoms with Gasteiger partial charge in [0.25, 0.3) is 5.91 Å². The van der Waals surface area contributed by atoms with E-state index in [9.17, 15) is 9.59 Å². The third kappa shape index (κ3) is 6.07. The number of methoxy groups -OCH3 is 1. The Balaban J connectivity index is 1.33. The molecule has 0 unspecified atom stereocenters. The van der Waals surface area contributed by atoms with E-state index in [4.69, 9.17) is 4.74 Å². The van der Waals surface area contributed by atoms with Gasteiger partial charge in [0.05, 0.1) is 12.9 Å². The molecule has 0 aliphatic carbocycles. The molecule has 0 saturated heterocycles. The number of hydrogen-bond donors (Lipinski definition) is 2. The Morgan fingerprint density at radius 1 is 0.914 bits per heavy atom. The number of thioether (sulfide) groups is 1. The minimum absolute atomic E-state index is 0.170. The fraction of sp³-hybridized carbons (Fsp3) is 0.154. The van der Waals surface area contributed by atoms with E-state index < -0.39 is 0 Å². The smallest absolute Gasteiger partial charge is 0.255 e. The molecule has 1 heterocycles. The SMILES string of the molecule is COc1ccc(NC(=O)c2ccc(NC(=O)CSc3nnc(C)n3-c3cccc(C)c3)cc2)cc1. The summed E-state index contributed by atoms with van der Waals surface area (Å²) in [5.74, 6) is 1.22. The van der Waals surface area contributed by atoms with E-state index in [0.29, 0.717) is 27.8 Å². The summed E-state index contributed by atoms with van der Waals surface area (Å²) in [6, 6.07) is 21.9. The van der Waals surface area contributed by atoms with Crippen LogP contribution in [0.2, 0.25) is 0 Å². The highest BCUT2D eigenvalue weighted by molar-refractivity contribution is 7.99. The van der Waals surface area contributed by atoms with Gasteiger partial charge >= 0.3 is 0 Å². The van der Waals surface area contributed by atoms with E-state index in [1.165, 1.54) is 11.8 Å². The lowest BCUT2D eigenvalue weighted by Gasteiger charge is -2.10. The first kappa shape index (κ1) is 24.0. The van der Waals surface area contributed by atoms with Crippen LogP contribution >= 0.6 is 11.8 Å². The number of amides is 2. The molecule has 2 amide bonds. The summed E-state index contributed by atoms with van der Waals surface area (Å²) in [6.45, 7) is 3.91. The lowest BCUT2D eigenvalue weighted by Crippen LogP contribution is -2.15. The van der Waals surface area contributed by atoms with Crippen LogP contribution in [0.15, 0.2) is 78.0 Å². The molecule has 0 atom stereocenters. The molecule has 0 aliphatic heterocycles. The third-order valence-corrected chi connectivity index (χ3v) is 6.10. The number of benzene rings is 3. The Labute approximate surface area is 207 Å². The van der Waals surface area contributed by atoms with Gasteiger partial charge in [-0.2, -0.15) is 0 Å². The van der Waals surface area contributed by atoms with Crippen LogP contribution in [-0.2, 0) is 4.79 Å². The van der Waals surface area contributed by atoms with Crippen molar-refractivity contribution < 1.29 is 14.3 Å². The minimum atomic E-state index is -0.241. The molecule has 2 N–H and O–H groups in total. The monoisotopic (exact) mass is 487 g/mol. The van der Waals surface area contributed by atoms with Crippen molar-refractivity contribution in [3.8, 4) is 11.4 Å². The van der Waals surface area contributed by atoms with Crippen molar-refractivity contribution in [2.45, 2.75) is 19.0 Å². The first-order valence-corrected chi connectivity index (χ1v) is 11.9. The summed E-state index contributed by atoms with van der Waals surface area (Å²) in [4.78, 5) is 25.0. The number of anilines is 2. The van der Waals surface area contributed by atoms with Crippen molar-refractivity contribution >= 4 is 35.0 Å². The summed E-state index contributed by atoms with van der Waals surface area (Å²) < 4.78 is 7.05. The van der Waals surface area contributed by atoms with Crippen LogP contribution in [-0.4, -0.2) is 39.4 Å². The highest BCUT2D eigenvalue weighted by atomic mass is 32.2. The van der Waals surface area contributed by atoms with Gasteiger partial charge in [-0.3, -0.25) is 14.2 Å². The van der Waals surface area contributed by atoms with Crippen LogP contribution < -0.4 is 15.4 Å². The van der Waals surface area contributed by atoms with Crippen LogP contribution in [0.5, 0.6) is 5.75 Å². The van der Waals surface area contributed by atoms with Crippen molar-refractivity contribution in [2.24, 2.45) is 0 Å².